The molecule has 142 valence electrons. The molecule has 27 heavy (non-hydrogen) atoms. The molecule has 1 aliphatic heterocycles. The molecule has 0 spiro atoms. The summed E-state index contributed by atoms with van der Waals surface area (Å²) in [5.74, 6) is 1.73. The molecule has 0 atom stereocenters. The first kappa shape index (κ1) is 18.3. The Hall–Kier alpha value is -2.03. The van der Waals surface area contributed by atoms with Crippen molar-refractivity contribution in [1.82, 2.24) is 19.8 Å². The fourth-order valence-electron chi connectivity index (χ4n) is 3.35. The molecular weight excluding hydrogens is 378 g/mol. The Morgan fingerprint density at radius 2 is 2.00 bits per heavy atom. The van der Waals surface area contributed by atoms with Crippen LogP contribution in [0.3, 0.4) is 0 Å². The smallest absolute Gasteiger partial charge is 0.242 e. The number of rotatable bonds is 4. The number of hydrogen-bond acceptors (Lipinski definition) is 7. The number of fused-ring (bicyclic) bond motifs is 1. The highest BCUT2D eigenvalue weighted by molar-refractivity contribution is 7.18. The fraction of sp³-hybridized carbons (Fsp3) is 0.421. The van der Waals surface area contributed by atoms with Gasteiger partial charge in [0.05, 0.1) is 11.9 Å². The van der Waals surface area contributed by atoms with Crippen molar-refractivity contribution in [2.75, 3.05) is 51.7 Å². The first-order chi connectivity index (χ1) is 13.0. The van der Waals surface area contributed by atoms with Crippen LogP contribution < -0.4 is 4.90 Å². The largest absolute Gasteiger partial charge is 0.350 e. The van der Waals surface area contributed by atoms with Crippen LogP contribution in [0.15, 0.2) is 22.9 Å². The molecule has 0 radical (unpaired) electrons. The molecule has 0 unspecified atom stereocenters. The van der Waals surface area contributed by atoms with E-state index in [1.165, 1.54) is 4.88 Å². The van der Waals surface area contributed by atoms with E-state index in [2.05, 4.69) is 39.8 Å². The van der Waals surface area contributed by atoms with Crippen molar-refractivity contribution in [3.8, 4) is 10.4 Å². The van der Waals surface area contributed by atoms with E-state index in [4.69, 9.17) is 4.98 Å². The number of aromatic nitrogens is 2. The molecule has 8 heteroatoms. The predicted molar refractivity (Wildman–Crippen MR) is 113 cm³/mol. The summed E-state index contributed by atoms with van der Waals surface area (Å²) >= 11 is 3.34. The zero-order valence-corrected chi connectivity index (χ0v) is 17.4. The van der Waals surface area contributed by atoms with E-state index in [-0.39, 0.29) is 5.91 Å². The van der Waals surface area contributed by atoms with Gasteiger partial charge in [-0.25, -0.2) is 9.97 Å². The summed E-state index contributed by atoms with van der Waals surface area (Å²) in [5.41, 5.74) is 1.15. The third-order valence-electron chi connectivity index (χ3n) is 4.90. The van der Waals surface area contributed by atoms with Gasteiger partial charge in [0, 0.05) is 49.0 Å². The molecule has 1 aliphatic rings. The van der Waals surface area contributed by atoms with Crippen LogP contribution in [0.2, 0.25) is 0 Å². The number of carbonyl (C=O) groups excluding carboxylic acids is 1. The lowest BCUT2D eigenvalue weighted by molar-refractivity contribution is -0.131. The highest BCUT2D eigenvalue weighted by Crippen LogP contribution is 2.39. The molecule has 3 aromatic heterocycles. The van der Waals surface area contributed by atoms with E-state index in [0.717, 1.165) is 53.6 Å². The van der Waals surface area contributed by atoms with Crippen molar-refractivity contribution >= 4 is 44.6 Å². The maximum atomic E-state index is 12.8. The number of hydrogen-bond donors (Lipinski definition) is 0. The van der Waals surface area contributed by atoms with Crippen molar-refractivity contribution < 1.29 is 4.79 Å². The third kappa shape index (κ3) is 3.69. The molecule has 4 heterocycles. The van der Waals surface area contributed by atoms with Gasteiger partial charge in [0.1, 0.15) is 16.5 Å². The third-order valence-corrected chi connectivity index (χ3v) is 6.68. The van der Waals surface area contributed by atoms with E-state index in [1.807, 2.05) is 23.8 Å². The van der Waals surface area contributed by atoms with Crippen molar-refractivity contribution in [3.63, 3.8) is 0 Å². The maximum absolute atomic E-state index is 12.8. The molecule has 0 saturated carbocycles. The second-order valence-electron chi connectivity index (χ2n) is 6.94. The van der Waals surface area contributed by atoms with Crippen LogP contribution in [-0.2, 0) is 4.79 Å². The molecule has 1 amide bonds. The van der Waals surface area contributed by atoms with Gasteiger partial charge in [0.25, 0.3) is 0 Å². The van der Waals surface area contributed by atoms with Crippen LogP contribution >= 0.6 is 22.7 Å². The molecule has 4 rings (SSSR count). The topological polar surface area (TPSA) is 52.6 Å². The highest BCUT2D eigenvalue weighted by atomic mass is 32.1. The molecule has 1 fully saturated rings. The van der Waals surface area contributed by atoms with Gasteiger partial charge in [-0.3, -0.25) is 4.79 Å². The van der Waals surface area contributed by atoms with E-state index in [0.29, 0.717) is 6.54 Å². The van der Waals surface area contributed by atoms with Gasteiger partial charge >= 0.3 is 0 Å². The first-order valence-electron chi connectivity index (χ1n) is 9.00. The molecule has 0 N–H and O–H groups in total. The van der Waals surface area contributed by atoms with Crippen LogP contribution in [-0.4, -0.2) is 72.5 Å². The minimum absolute atomic E-state index is 0.155. The molecule has 1 saturated heterocycles. The molecule has 3 aromatic rings. The Kier molecular flexibility index (Phi) is 5.12. The van der Waals surface area contributed by atoms with E-state index in [1.54, 1.807) is 22.7 Å². The van der Waals surface area contributed by atoms with Gasteiger partial charge < -0.3 is 14.7 Å². The Morgan fingerprint density at radius 1 is 1.22 bits per heavy atom. The lowest BCUT2D eigenvalue weighted by Gasteiger charge is -2.33. The van der Waals surface area contributed by atoms with E-state index in [9.17, 15) is 4.79 Å². The molecule has 0 bridgehead atoms. The second-order valence-corrected chi connectivity index (χ2v) is 8.75. The van der Waals surface area contributed by atoms with Gasteiger partial charge in [-0.1, -0.05) is 6.07 Å². The van der Waals surface area contributed by atoms with Gasteiger partial charge in [-0.15, -0.1) is 22.7 Å². The summed E-state index contributed by atoms with van der Waals surface area (Å²) in [7, 11) is 4.04. The van der Waals surface area contributed by atoms with Crippen molar-refractivity contribution in [2.24, 2.45) is 0 Å². The number of carbonyl (C=O) groups is 1. The van der Waals surface area contributed by atoms with Crippen molar-refractivity contribution in [1.29, 1.82) is 0 Å². The molecule has 6 nitrogen and oxygen atoms in total. The monoisotopic (exact) mass is 401 g/mol. The van der Waals surface area contributed by atoms with Crippen LogP contribution in [0.4, 0.5) is 5.82 Å². The normalized spacial score (nSPS) is 15.4. The summed E-state index contributed by atoms with van der Waals surface area (Å²) in [6, 6.07) is 4.17. The highest BCUT2D eigenvalue weighted by Gasteiger charge is 2.23. The first-order valence-corrected chi connectivity index (χ1v) is 10.8. The minimum Gasteiger partial charge on any atom is -0.350 e. The Balaban J connectivity index is 1.64. The van der Waals surface area contributed by atoms with Gasteiger partial charge in [-0.2, -0.15) is 0 Å². The zero-order chi connectivity index (χ0) is 19.0. The standard InChI is InChI=1S/C19H23N5OS2/c1-13-20-18(23(3)11-16(25)24-8-6-22(2)7-9-24)17-14(12-27-19(17)21-13)15-5-4-10-26-15/h4-5,10,12H,6-9,11H2,1-3H3. The van der Waals surface area contributed by atoms with Crippen LogP contribution in [0, 0.1) is 6.92 Å². The predicted octanol–water partition coefficient (Wildman–Crippen LogP) is 2.94. The molecule has 0 aromatic carbocycles. The summed E-state index contributed by atoms with van der Waals surface area (Å²) < 4.78 is 0. The number of amides is 1. The lowest BCUT2D eigenvalue weighted by atomic mass is 10.2. The minimum atomic E-state index is 0.155. The Bertz CT molecular complexity index is 945. The van der Waals surface area contributed by atoms with Crippen LogP contribution in [0.5, 0.6) is 0 Å². The average molecular weight is 402 g/mol. The summed E-state index contributed by atoms with van der Waals surface area (Å²) in [6.07, 6.45) is 0. The number of likely N-dealkylation sites (N-methyl/N-ethyl adjacent to an activating group) is 2. The summed E-state index contributed by atoms with van der Waals surface area (Å²) in [4.78, 5) is 30.5. The Morgan fingerprint density at radius 3 is 2.70 bits per heavy atom. The molecular formula is C19H23N5OS2. The second kappa shape index (κ2) is 7.53. The van der Waals surface area contributed by atoms with Gasteiger partial charge in [0.15, 0.2) is 0 Å². The summed E-state index contributed by atoms with van der Waals surface area (Å²) in [6.45, 7) is 5.68. The fourth-order valence-corrected chi connectivity index (χ4v) is 5.15. The SMILES string of the molecule is Cc1nc(N(C)CC(=O)N2CCN(C)CC2)c2c(-c3cccs3)csc2n1. The van der Waals surface area contributed by atoms with E-state index >= 15 is 0 Å². The van der Waals surface area contributed by atoms with Crippen molar-refractivity contribution in [2.45, 2.75) is 6.92 Å². The van der Waals surface area contributed by atoms with Crippen LogP contribution in [0.25, 0.3) is 20.7 Å². The van der Waals surface area contributed by atoms with Gasteiger partial charge in [-0.05, 0) is 25.4 Å². The maximum Gasteiger partial charge on any atom is 0.242 e. The van der Waals surface area contributed by atoms with Gasteiger partial charge in [0.2, 0.25) is 5.91 Å². The van der Waals surface area contributed by atoms with Crippen molar-refractivity contribution in [3.05, 3.63) is 28.7 Å². The van der Waals surface area contributed by atoms with E-state index < -0.39 is 0 Å². The number of aryl methyl sites for hydroxylation is 1. The lowest BCUT2D eigenvalue weighted by Crippen LogP contribution is -2.49. The van der Waals surface area contributed by atoms with Crippen LogP contribution in [0.1, 0.15) is 5.82 Å². The average Bonchev–Trinajstić information content (AvgIpc) is 3.30. The number of thiophene rings is 2. The molecule has 0 aliphatic carbocycles. The zero-order valence-electron chi connectivity index (χ0n) is 15.8. The number of piperazine rings is 1. The summed E-state index contributed by atoms with van der Waals surface area (Å²) in [5, 5.41) is 5.26. The quantitative estimate of drug-likeness (QED) is 0.673. The number of nitrogens with zero attached hydrogens (tertiary/aromatic N) is 5. The Labute approximate surface area is 167 Å². The number of anilines is 1.